The van der Waals surface area contributed by atoms with Gasteiger partial charge in [0, 0.05) is 31.4 Å². The number of rotatable bonds is 6. The fraction of sp³-hybridized carbons (Fsp3) is 0.500. The fourth-order valence-electron chi connectivity index (χ4n) is 1.74. The first kappa shape index (κ1) is 17.8. The molecular formula is C14H22ClN3O2S. The first-order valence-corrected chi connectivity index (χ1v) is 9.18. The number of sulfone groups is 1. The Morgan fingerprint density at radius 3 is 2.62 bits per heavy atom. The molecule has 5 nitrogen and oxygen atoms in total. The quantitative estimate of drug-likeness (QED) is 0.637. The molecule has 1 rings (SSSR count). The van der Waals surface area contributed by atoms with E-state index in [1.54, 1.807) is 0 Å². The van der Waals surface area contributed by atoms with Gasteiger partial charge in [0.1, 0.15) is 9.84 Å². The number of hydrogen-bond acceptors (Lipinski definition) is 3. The van der Waals surface area contributed by atoms with Crippen LogP contribution >= 0.6 is 11.6 Å². The van der Waals surface area contributed by atoms with Crippen LogP contribution in [0.5, 0.6) is 0 Å². The summed E-state index contributed by atoms with van der Waals surface area (Å²) in [6, 6.07) is 7.62. The molecule has 0 spiro atoms. The summed E-state index contributed by atoms with van der Waals surface area (Å²) in [5, 5.41) is 3.85. The second kappa shape index (κ2) is 8.24. The molecule has 0 amide bonds. The van der Waals surface area contributed by atoms with Crippen LogP contribution in [0.15, 0.2) is 29.3 Å². The zero-order valence-electron chi connectivity index (χ0n) is 12.6. The Morgan fingerprint density at radius 1 is 1.38 bits per heavy atom. The summed E-state index contributed by atoms with van der Waals surface area (Å²) in [6.45, 7) is 3.53. The monoisotopic (exact) mass is 331 g/mol. The molecule has 0 aliphatic carbocycles. The average molecular weight is 332 g/mol. The Balaban J connectivity index is 2.75. The van der Waals surface area contributed by atoms with E-state index in [1.807, 2.05) is 43.1 Å². The van der Waals surface area contributed by atoms with Crippen molar-refractivity contribution < 1.29 is 8.42 Å². The van der Waals surface area contributed by atoms with E-state index in [1.165, 1.54) is 6.26 Å². The normalized spacial score (nSPS) is 12.3. The summed E-state index contributed by atoms with van der Waals surface area (Å²) >= 11 is 6.15. The number of aliphatic imine (C=N–C) groups is 1. The Morgan fingerprint density at radius 2 is 2.05 bits per heavy atom. The van der Waals surface area contributed by atoms with E-state index in [9.17, 15) is 8.42 Å². The van der Waals surface area contributed by atoms with Crippen LogP contribution in [0, 0.1) is 0 Å². The molecule has 7 heteroatoms. The number of benzene rings is 1. The van der Waals surface area contributed by atoms with Gasteiger partial charge in [0.25, 0.3) is 0 Å². The molecule has 0 unspecified atom stereocenters. The number of nitrogens with zero attached hydrogens (tertiary/aromatic N) is 2. The molecule has 0 aliphatic heterocycles. The van der Waals surface area contributed by atoms with Crippen LogP contribution in [0.1, 0.15) is 12.5 Å². The zero-order chi connectivity index (χ0) is 15.9. The maximum atomic E-state index is 11.2. The van der Waals surface area contributed by atoms with Crippen molar-refractivity contribution >= 4 is 27.4 Å². The molecule has 0 radical (unpaired) electrons. The van der Waals surface area contributed by atoms with E-state index < -0.39 is 9.84 Å². The molecule has 0 saturated heterocycles. The SMILES string of the molecule is CCNC(=NCCS(C)(=O)=O)N(C)Cc1ccccc1Cl. The van der Waals surface area contributed by atoms with Crippen molar-refractivity contribution in [3.05, 3.63) is 34.9 Å². The van der Waals surface area contributed by atoms with Crippen LogP contribution in [0.3, 0.4) is 0 Å². The molecule has 0 fully saturated rings. The van der Waals surface area contributed by atoms with Gasteiger partial charge in [0.05, 0.1) is 12.3 Å². The van der Waals surface area contributed by atoms with Crippen LogP contribution in [0.2, 0.25) is 5.02 Å². The maximum absolute atomic E-state index is 11.2. The molecular weight excluding hydrogens is 310 g/mol. The van der Waals surface area contributed by atoms with Gasteiger partial charge in [-0.15, -0.1) is 0 Å². The van der Waals surface area contributed by atoms with Crippen LogP contribution in [0.25, 0.3) is 0 Å². The summed E-state index contributed by atoms with van der Waals surface area (Å²) in [6.07, 6.45) is 1.21. The smallest absolute Gasteiger partial charge is 0.193 e. The van der Waals surface area contributed by atoms with Crippen molar-refractivity contribution in [1.29, 1.82) is 0 Å². The first-order valence-electron chi connectivity index (χ1n) is 6.74. The molecule has 0 heterocycles. The molecule has 0 saturated carbocycles. The van der Waals surface area contributed by atoms with Crippen LogP contribution in [0.4, 0.5) is 0 Å². The Labute approximate surface area is 131 Å². The van der Waals surface area contributed by atoms with Crippen molar-refractivity contribution in [2.24, 2.45) is 4.99 Å². The largest absolute Gasteiger partial charge is 0.357 e. The van der Waals surface area contributed by atoms with Gasteiger partial charge < -0.3 is 10.2 Å². The third kappa shape index (κ3) is 6.82. The number of hydrogen-bond donors (Lipinski definition) is 1. The van der Waals surface area contributed by atoms with E-state index in [0.29, 0.717) is 24.1 Å². The second-order valence-corrected chi connectivity index (χ2v) is 7.48. The van der Waals surface area contributed by atoms with Gasteiger partial charge in [-0.05, 0) is 18.6 Å². The standard InChI is InChI=1S/C14H22ClN3O2S/c1-4-16-14(17-9-10-21(3,19)20)18(2)11-12-7-5-6-8-13(12)15/h5-8H,4,9-11H2,1-3H3,(H,16,17). The lowest BCUT2D eigenvalue weighted by Crippen LogP contribution is -2.38. The molecule has 1 aromatic rings. The molecule has 0 atom stereocenters. The van der Waals surface area contributed by atoms with E-state index in [-0.39, 0.29) is 12.3 Å². The highest BCUT2D eigenvalue weighted by Gasteiger charge is 2.09. The Bertz CT molecular complexity index is 588. The van der Waals surface area contributed by atoms with Gasteiger partial charge in [-0.1, -0.05) is 29.8 Å². The van der Waals surface area contributed by atoms with Crippen molar-refractivity contribution in [3.63, 3.8) is 0 Å². The minimum Gasteiger partial charge on any atom is -0.357 e. The average Bonchev–Trinajstić information content (AvgIpc) is 2.39. The summed E-state index contributed by atoms with van der Waals surface area (Å²) in [4.78, 5) is 6.26. The first-order chi connectivity index (χ1) is 9.83. The number of halogens is 1. The summed E-state index contributed by atoms with van der Waals surface area (Å²) < 4.78 is 22.3. The highest BCUT2D eigenvalue weighted by molar-refractivity contribution is 7.90. The maximum Gasteiger partial charge on any atom is 0.193 e. The van der Waals surface area contributed by atoms with Crippen molar-refractivity contribution in [2.75, 3.05) is 32.1 Å². The van der Waals surface area contributed by atoms with Crippen molar-refractivity contribution in [1.82, 2.24) is 10.2 Å². The molecule has 1 aromatic carbocycles. The van der Waals surface area contributed by atoms with Crippen LogP contribution in [-0.4, -0.2) is 51.4 Å². The van der Waals surface area contributed by atoms with E-state index in [2.05, 4.69) is 10.3 Å². The third-order valence-electron chi connectivity index (χ3n) is 2.79. The van der Waals surface area contributed by atoms with E-state index in [0.717, 1.165) is 5.56 Å². The predicted octanol–water partition coefficient (Wildman–Crippen LogP) is 1.78. The third-order valence-corrected chi connectivity index (χ3v) is 4.08. The Kier molecular flexibility index (Phi) is 6.98. The minimum atomic E-state index is -3.00. The van der Waals surface area contributed by atoms with Crippen LogP contribution < -0.4 is 5.32 Å². The molecule has 0 aromatic heterocycles. The topological polar surface area (TPSA) is 61.8 Å². The molecule has 21 heavy (non-hydrogen) atoms. The highest BCUT2D eigenvalue weighted by Crippen LogP contribution is 2.16. The zero-order valence-corrected chi connectivity index (χ0v) is 14.2. The van der Waals surface area contributed by atoms with Crippen molar-refractivity contribution in [3.8, 4) is 0 Å². The lowest BCUT2D eigenvalue weighted by atomic mass is 10.2. The van der Waals surface area contributed by atoms with Gasteiger partial charge >= 0.3 is 0 Å². The van der Waals surface area contributed by atoms with Crippen LogP contribution in [-0.2, 0) is 16.4 Å². The number of guanidine groups is 1. The Hall–Kier alpha value is -1.27. The summed E-state index contributed by atoms with van der Waals surface area (Å²) in [7, 11) is -1.11. The fourth-order valence-corrected chi connectivity index (χ4v) is 2.36. The van der Waals surface area contributed by atoms with Gasteiger partial charge in [-0.2, -0.15) is 0 Å². The van der Waals surface area contributed by atoms with E-state index in [4.69, 9.17) is 11.6 Å². The van der Waals surface area contributed by atoms with Gasteiger partial charge in [0.15, 0.2) is 5.96 Å². The summed E-state index contributed by atoms with van der Waals surface area (Å²) in [5.74, 6) is 0.711. The number of nitrogens with one attached hydrogen (secondary N) is 1. The van der Waals surface area contributed by atoms with Gasteiger partial charge in [0.2, 0.25) is 0 Å². The second-order valence-electron chi connectivity index (χ2n) is 4.81. The molecule has 0 aliphatic rings. The predicted molar refractivity (Wildman–Crippen MR) is 88.6 cm³/mol. The van der Waals surface area contributed by atoms with Gasteiger partial charge in [-0.3, -0.25) is 4.99 Å². The lowest BCUT2D eigenvalue weighted by Gasteiger charge is -2.22. The minimum absolute atomic E-state index is 0.0435. The van der Waals surface area contributed by atoms with Gasteiger partial charge in [-0.25, -0.2) is 8.42 Å². The highest BCUT2D eigenvalue weighted by atomic mass is 35.5. The molecule has 118 valence electrons. The van der Waals surface area contributed by atoms with Crippen molar-refractivity contribution in [2.45, 2.75) is 13.5 Å². The molecule has 1 N–H and O–H groups in total. The molecule has 0 bridgehead atoms. The summed E-state index contributed by atoms with van der Waals surface area (Å²) in [5.41, 5.74) is 0.996. The van der Waals surface area contributed by atoms with E-state index >= 15 is 0 Å². The lowest BCUT2D eigenvalue weighted by molar-refractivity contribution is 0.477.